The van der Waals surface area contributed by atoms with Gasteiger partial charge in [-0.3, -0.25) is 0 Å². The molecule has 0 bridgehead atoms. The fourth-order valence-corrected chi connectivity index (χ4v) is 1.59. The molecule has 0 unspecified atom stereocenters. The molecule has 2 rings (SSSR count). The number of rotatable bonds is 2. The number of halogens is 1. The van der Waals surface area contributed by atoms with Gasteiger partial charge in [0.25, 0.3) is 0 Å². The first-order valence-electron chi connectivity index (χ1n) is 4.83. The number of hydrogen-bond donors (Lipinski definition) is 1. The average Bonchev–Trinajstić information content (AvgIpc) is 2.25. The monoisotopic (exact) mass is 227 g/mol. The zero-order valence-electron chi connectivity index (χ0n) is 8.57. The maximum atomic E-state index is 6.04. The SMILES string of the molecule is [CH]c1ccc([C]c2ccc(N)cc2Cl)cc1. The topological polar surface area (TPSA) is 26.0 Å². The van der Waals surface area contributed by atoms with Gasteiger partial charge >= 0.3 is 0 Å². The minimum Gasteiger partial charge on any atom is -0.399 e. The normalized spacial score (nSPS) is 10.4. The van der Waals surface area contributed by atoms with Crippen molar-refractivity contribution < 1.29 is 0 Å². The van der Waals surface area contributed by atoms with Crippen molar-refractivity contribution in [3.8, 4) is 0 Å². The van der Waals surface area contributed by atoms with E-state index in [1.165, 1.54) is 0 Å². The quantitative estimate of drug-likeness (QED) is 0.782. The second kappa shape index (κ2) is 4.58. The van der Waals surface area contributed by atoms with Gasteiger partial charge in [0, 0.05) is 10.7 Å². The minimum atomic E-state index is 0.594. The van der Waals surface area contributed by atoms with Crippen molar-refractivity contribution >= 4 is 17.3 Å². The van der Waals surface area contributed by atoms with Crippen molar-refractivity contribution in [1.29, 1.82) is 0 Å². The molecule has 2 heteroatoms. The van der Waals surface area contributed by atoms with Gasteiger partial charge in [-0.15, -0.1) is 0 Å². The van der Waals surface area contributed by atoms with Gasteiger partial charge in [0.15, 0.2) is 0 Å². The first kappa shape index (κ1) is 11.0. The van der Waals surface area contributed by atoms with Crippen molar-refractivity contribution in [3.63, 3.8) is 0 Å². The van der Waals surface area contributed by atoms with E-state index in [0.29, 0.717) is 10.7 Å². The number of benzene rings is 2. The van der Waals surface area contributed by atoms with Crippen LogP contribution in [0.5, 0.6) is 0 Å². The Hall–Kier alpha value is -1.47. The summed E-state index contributed by atoms with van der Waals surface area (Å²) in [4.78, 5) is 0. The van der Waals surface area contributed by atoms with Crippen LogP contribution >= 0.6 is 11.6 Å². The van der Waals surface area contributed by atoms with Crippen molar-refractivity contribution in [2.45, 2.75) is 0 Å². The summed E-state index contributed by atoms with van der Waals surface area (Å²) < 4.78 is 0. The van der Waals surface area contributed by atoms with Crippen LogP contribution in [0, 0.1) is 13.3 Å². The summed E-state index contributed by atoms with van der Waals surface area (Å²) in [6.07, 6.45) is 3.18. The van der Waals surface area contributed by atoms with Crippen molar-refractivity contribution in [3.05, 3.63) is 77.5 Å². The van der Waals surface area contributed by atoms with E-state index in [2.05, 4.69) is 6.42 Å². The molecule has 0 aliphatic heterocycles. The summed E-state index contributed by atoms with van der Waals surface area (Å²) in [5, 5.41) is 0.594. The van der Waals surface area contributed by atoms with Crippen LogP contribution in [-0.4, -0.2) is 0 Å². The van der Waals surface area contributed by atoms with Gasteiger partial charge in [-0.2, -0.15) is 0 Å². The molecule has 0 atom stereocenters. The predicted molar refractivity (Wildman–Crippen MR) is 67.2 cm³/mol. The fraction of sp³-hybridized carbons (Fsp3) is 0. The summed E-state index contributed by atoms with van der Waals surface area (Å²) in [7, 11) is 0. The van der Waals surface area contributed by atoms with Gasteiger partial charge in [-0.05, 0) is 35.7 Å². The molecule has 0 saturated carbocycles. The molecule has 0 fully saturated rings. The van der Waals surface area contributed by atoms with Crippen LogP contribution in [0.2, 0.25) is 5.02 Å². The highest BCUT2D eigenvalue weighted by Crippen LogP contribution is 2.23. The molecule has 0 amide bonds. The Balaban J connectivity index is 2.23. The molecule has 2 N–H and O–H groups in total. The number of nitrogen functional groups attached to an aromatic ring is 1. The summed E-state index contributed by atoms with van der Waals surface area (Å²) in [6.45, 7) is 5.60. The molecule has 0 aliphatic carbocycles. The van der Waals surface area contributed by atoms with Crippen LogP contribution in [0.25, 0.3) is 0 Å². The maximum Gasteiger partial charge on any atom is 0.0517 e. The lowest BCUT2D eigenvalue weighted by Crippen LogP contribution is -1.89. The number of hydrogen-bond acceptors (Lipinski definition) is 1. The Kier molecular flexibility index (Phi) is 3.16. The molecular weight excluding hydrogens is 218 g/mol. The van der Waals surface area contributed by atoms with E-state index in [1.807, 2.05) is 30.3 Å². The second-order valence-electron chi connectivity index (χ2n) is 3.49. The molecule has 78 valence electrons. The molecule has 0 spiro atoms. The second-order valence-corrected chi connectivity index (χ2v) is 3.89. The smallest absolute Gasteiger partial charge is 0.0517 e. The van der Waals surface area contributed by atoms with Crippen LogP contribution in [-0.2, 0) is 0 Å². The van der Waals surface area contributed by atoms with E-state index in [4.69, 9.17) is 24.3 Å². The molecular formula is C14H10ClN. The summed E-state index contributed by atoms with van der Waals surface area (Å²) in [6, 6.07) is 12.8. The summed E-state index contributed by atoms with van der Waals surface area (Å²) in [5.74, 6) is 0. The van der Waals surface area contributed by atoms with Gasteiger partial charge in [0.2, 0.25) is 0 Å². The first-order chi connectivity index (χ1) is 7.65. The van der Waals surface area contributed by atoms with E-state index in [0.717, 1.165) is 16.7 Å². The molecule has 0 aliphatic rings. The molecule has 0 aromatic heterocycles. The molecule has 0 heterocycles. The highest BCUT2D eigenvalue weighted by Gasteiger charge is 2.03. The molecule has 16 heavy (non-hydrogen) atoms. The largest absolute Gasteiger partial charge is 0.399 e. The number of nitrogens with two attached hydrogens (primary N) is 1. The van der Waals surface area contributed by atoms with Crippen LogP contribution in [0.15, 0.2) is 42.5 Å². The minimum absolute atomic E-state index is 0.594. The van der Waals surface area contributed by atoms with Crippen molar-refractivity contribution in [2.75, 3.05) is 5.73 Å². The van der Waals surface area contributed by atoms with Gasteiger partial charge in [0.1, 0.15) is 0 Å². The lowest BCUT2D eigenvalue weighted by Gasteiger charge is -2.04. The van der Waals surface area contributed by atoms with E-state index in [9.17, 15) is 0 Å². The van der Waals surface area contributed by atoms with E-state index in [-0.39, 0.29) is 0 Å². The Morgan fingerprint density at radius 3 is 2.38 bits per heavy atom. The first-order valence-corrected chi connectivity index (χ1v) is 5.20. The lowest BCUT2D eigenvalue weighted by molar-refractivity contribution is 1.42. The van der Waals surface area contributed by atoms with Crippen LogP contribution in [0.3, 0.4) is 0 Å². The lowest BCUT2D eigenvalue weighted by atomic mass is 10.0. The highest BCUT2D eigenvalue weighted by molar-refractivity contribution is 6.31. The fourth-order valence-electron chi connectivity index (χ4n) is 1.35. The Morgan fingerprint density at radius 1 is 1.06 bits per heavy atom. The standard InChI is InChI=1S/C14H10ClN/c1-10-2-4-11(5-3-10)8-12-6-7-13(16)9-14(12)15/h1-7,9H,16H2. The predicted octanol–water partition coefficient (Wildman–Crippen LogP) is 3.46. The van der Waals surface area contributed by atoms with Crippen LogP contribution in [0.1, 0.15) is 16.7 Å². The Morgan fingerprint density at radius 2 is 1.75 bits per heavy atom. The molecule has 2 aromatic rings. The summed E-state index contributed by atoms with van der Waals surface area (Å²) >= 11 is 6.04. The Labute approximate surface area is 101 Å². The van der Waals surface area contributed by atoms with Gasteiger partial charge < -0.3 is 5.73 Å². The zero-order valence-corrected chi connectivity index (χ0v) is 9.33. The highest BCUT2D eigenvalue weighted by atomic mass is 35.5. The molecule has 2 aromatic carbocycles. The third-order valence-corrected chi connectivity index (χ3v) is 2.50. The molecule has 4 radical (unpaired) electrons. The Bertz CT molecular complexity index is 489. The number of anilines is 1. The third-order valence-electron chi connectivity index (χ3n) is 2.18. The van der Waals surface area contributed by atoms with E-state index >= 15 is 0 Å². The zero-order chi connectivity index (χ0) is 11.5. The van der Waals surface area contributed by atoms with Crippen LogP contribution in [0.4, 0.5) is 5.69 Å². The van der Waals surface area contributed by atoms with Gasteiger partial charge in [-0.25, -0.2) is 0 Å². The maximum absolute atomic E-state index is 6.04. The van der Waals surface area contributed by atoms with Gasteiger partial charge in [-0.1, -0.05) is 41.9 Å². The van der Waals surface area contributed by atoms with Crippen LogP contribution < -0.4 is 5.73 Å². The summed E-state index contributed by atoms with van der Waals surface area (Å²) in [5.41, 5.74) is 8.74. The van der Waals surface area contributed by atoms with E-state index in [1.54, 1.807) is 12.1 Å². The van der Waals surface area contributed by atoms with Crippen molar-refractivity contribution in [1.82, 2.24) is 0 Å². The van der Waals surface area contributed by atoms with E-state index < -0.39 is 0 Å². The average molecular weight is 228 g/mol. The third kappa shape index (κ3) is 2.56. The van der Waals surface area contributed by atoms with Gasteiger partial charge in [0.05, 0.1) is 6.42 Å². The molecule has 1 nitrogen and oxygen atoms in total. The molecule has 0 saturated heterocycles. The van der Waals surface area contributed by atoms with Crippen molar-refractivity contribution in [2.24, 2.45) is 0 Å².